The summed E-state index contributed by atoms with van der Waals surface area (Å²) < 4.78 is 5.47. The minimum absolute atomic E-state index is 0.0145. The molecule has 0 aliphatic carbocycles. The molecule has 2 rings (SSSR count). The summed E-state index contributed by atoms with van der Waals surface area (Å²) in [4.78, 5) is 21.3. The number of benzene rings is 1. The maximum absolute atomic E-state index is 10.9. The molecule has 0 saturated heterocycles. The van der Waals surface area contributed by atoms with Crippen molar-refractivity contribution >= 4 is 17.7 Å². The van der Waals surface area contributed by atoms with Gasteiger partial charge in [0, 0.05) is 23.3 Å². The van der Waals surface area contributed by atoms with Gasteiger partial charge in [0.2, 0.25) is 0 Å². The molecule has 0 saturated carbocycles. The van der Waals surface area contributed by atoms with Crippen LogP contribution < -0.4 is 5.48 Å². The summed E-state index contributed by atoms with van der Waals surface area (Å²) in [5.41, 5.74) is 2.60. The molecule has 0 unspecified atom stereocenters. The Labute approximate surface area is 119 Å². The number of carbonyl (C=O) groups excluding carboxylic acids is 1. The largest absolute Gasteiger partial charge is 0.457 e. The number of nitrogens with one attached hydrogen (secondary N) is 1. The number of nitro benzene ring substituents is 1. The summed E-state index contributed by atoms with van der Waals surface area (Å²) in [6, 6.07) is 8.05. The van der Waals surface area contributed by atoms with E-state index in [0.717, 1.165) is 6.08 Å². The number of nitro groups is 1. The second kappa shape index (κ2) is 6.02. The first-order valence-corrected chi connectivity index (χ1v) is 5.98. The van der Waals surface area contributed by atoms with Crippen LogP contribution in [0.1, 0.15) is 11.3 Å². The third-order valence-electron chi connectivity index (χ3n) is 2.83. The molecule has 1 aromatic heterocycles. The Morgan fingerprint density at radius 2 is 2.14 bits per heavy atom. The van der Waals surface area contributed by atoms with Crippen LogP contribution in [-0.4, -0.2) is 16.0 Å². The fourth-order valence-electron chi connectivity index (χ4n) is 1.75. The maximum atomic E-state index is 10.9. The highest BCUT2D eigenvalue weighted by atomic mass is 16.6. The van der Waals surface area contributed by atoms with Crippen LogP contribution in [-0.2, 0) is 4.79 Å². The zero-order chi connectivity index (χ0) is 15.4. The minimum Gasteiger partial charge on any atom is -0.457 e. The Morgan fingerprint density at radius 3 is 2.81 bits per heavy atom. The van der Waals surface area contributed by atoms with Gasteiger partial charge in [0.05, 0.1) is 4.92 Å². The van der Waals surface area contributed by atoms with E-state index in [-0.39, 0.29) is 5.69 Å². The van der Waals surface area contributed by atoms with Gasteiger partial charge < -0.3 is 4.42 Å². The molecule has 2 aromatic rings. The lowest BCUT2D eigenvalue weighted by molar-refractivity contribution is -0.385. The predicted octanol–water partition coefficient (Wildman–Crippen LogP) is 2.68. The molecule has 0 aliphatic rings. The number of hydroxylamine groups is 1. The summed E-state index contributed by atoms with van der Waals surface area (Å²) >= 11 is 0. The van der Waals surface area contributed by atoms with Gasteiger partial charge in [-0.3, -0.25) is 20.1 Å². The topological polar surface area (TPSA) is 106 Å². The smallest absolute Gasteiger partial charge is 0.273 e. The van der Waals surface area contributed by atoms with Crippen LogP contribution in [0.3, 0.4) is 0 Å². The second-order valence-electron chi connectivity index (χ2n) is 4.27. The number of carbonyl (C=O) groups is 1. The molecule has 0 spiro atoms. The number of hydrogen-bond acceptors (Lipinski definition) is 5. The number of furan rings is 1. The van der Waals surface area contributed by atoms with Crippen molar-refractivity contribution in [1.29, 1.82) is 0 Å². The summed E-state index contributed by atoms with van der Waals surface area (Å²) in [5.74, 6) is 0.151. The van der Waals surface area contributed by atoms with Crippen molar-refractivity contribution in [1.82, 2.24) is 5.48 Å². The van der Waals surface area contributed by atoms with E-state index in [0.29, 0.717) is 22.6 Å². The van der Waals surface area contributed by atoms with Crippen molar-refractivity contribution in [3.63, 3.8) is 0 Å². The van der Waals surface area contributed by atoms with Crippen LogP contribution in [0.5, 0.6) is 0 Å². The minimum atomic E-state index is -0.682. The predicted molar refractivity (Wildman–Crippen MR) is 74.5 cm³/mol. The Hall–Kier alpha value is -2.93. The Bertz CT molecular complexity index is 718. The Balaban J connectivity index is 2.30. The van der Waals surface area contributed by atoms with Crippen molar-refractivity contribution in [2.75, 3.05) is 0 Å². The molecule has 1 aromatic carbocycles. The zero-order valence-corrected chi connectivity index (χ0v) is 11.1. The average molecular weight is 288 g/mol. The lowest BCUT2D eigenvalue weighted by Gasteiger charge is -2.00. The first kappa shape index (κ1) is 14.5. The van der Waals surface area contributed by atoms with Crippen LogP contribution in [0.2, 0.25) is 0 Å². The SMILES string of the molecule is Cc1ccc(-c2ccc(/C=C/C(=O)NO)o2)cc1[N+](=O)[O-]. The number of rotatable bonds is 4. The second-order valence-corrected chi connectivity index (χ2v) is 4.27. The van der Waals surface area contributed by atoms with E-state index in [9.17, 15) is 14.9 Å². The van der Waals surface area contributed by atoms with Gasteiger partial charge in [0.1, 0.15) is 11.5 Å². The fraction of sp³-hybridized carbons (Fsp3) is 0.0714. The third kappa shape index (κ3) is 3.34. The standard InChI is InChI=1S/C14H12N2O5/c1-9-2-3-10(8-12(9)16(19)20)13-6-4-11(21-13)5-7-14(17)15-18/h2-8,18H,1H3,(H,15,17)/b7-5+. The zero-order valence-electron chi connectivity index (χ0n) is 11.1. The van der Waals surface area contributed by atoms with Gasteiger partial charge in [-0.15, -0.1) is 0 Å². The van der Waals surface area contributed by atoms with E-state index < -0.39 is 10.8 Å². The molecule has 0 bridgehead atoms. The van der Waals surface area contributed by atoms with E-state index >= 15 is 0 Å². The average Bonchev–Trinajstić information content (AvgIpc) is 2.93. The van der Waals surface area contributed by atoms with E-state index in [1.165, 1.54) is 17.6 Å². The van der Waals surface area contributed by atoms with Crippen molar-refractivity contribution < 1.29 is 19.3 Å². The van der Waals surface area contributed by atoms with Crippen molar-refractivity contribution in [3.05, 3.63) is 57.8 Å². The van der Waals surface area contributed by atoms with Crippen LogP contribution >= 0.6 is 0 Å². The normalized spacial score (nSPS) is 10.8. The fourth-order valence-corrected chi connectivity index (χ4v) is 1.75. The van der Waals surface area contributed by atoms with E-state index in [1.54, 1.807) is 31.2 Å². The summed E-state index contributed by atoms with van der Waals surface area (Å²) in [6.45, 7) is 1.66. The molecule has 1 amide bonds. The first-order chi connectivity index (χ1) is 10.0. The maximum Gasteiger partial charge on any atom is 0.273 e. The molecule has 2 N–H and O–H groups in total. The van der Waals surface area contributed by atoms with Crippen molar-refractivity contribution in [2.24, 2.45) is 0 Å². The molecule has 0 fully saturated rings. The molecule has 21 heavy (non-hydrogen) atoms. The van der Waals surface area contributed by atoms with E-state index in [4.69, 9.17) is 9.62 Å². The molecular formula is C14H12N2O5. The Kier molecular flexibility index (Phi) is 4.15. The van der Waals surface area contributed by atoms with Crippen LogP contribution in [0.4, 0.5) is 5.69 Å². The van der Waals surface area contributed by atoms with Crippen LogP contribution in [0.15, 0.2) is 40.8 Å². The summed E-state index contributed by atoms with van der Waals surface area (Å²) in [7, 11) is 0. The van der Waals surface area contributed by atoms with Gasteiger partial charge >= 0.3 is 0 Å². The first-order valence-electron chi connectivity index (χ1n) is 5.98. The molecule has 0 radical (unpaired) electrons. The van der Waals surface area contributed by atoms with E-state index in [2.05, 4.69) is 0 Å². The van der Waals surface area contributed by atoms with Gasteiger partial charge in [-0.25, -0.2) is 5.48 Å². The molecule has 0 atom stereocenters. The number of hydrogen-bond donors (Lipinski definition) is 2. The highest BCUT2D eigenvalue weighted by molar-refractivity contribution is 5.90. The molecule has 1 heterocycles. The van der Waals surface area contributed by atoms with Gasteiger partial charge in [-0.05, 0) is 25.1 Å². The quantitative estimate of drug-likeness (QED) is 0.389. The summed E-state index contributed by atoms with van der Waals surface area (Å²) in [5, 5.41) is 19.3. The van der Waals surface area contributed by atoms with Gasteiger partial charge in [-0.2, -0.15) is 0 Å². The highest BCUT2D eigenvalue weighted by Gasteiger charge is 2.13. The van der Waals surface area contributed by atoms with Gasteiger partial charge in [0.25, 0.3) is 11.6 Å². The van der Waals surface area contributed by atoms with Crippen molar-refractivity contribution in [2.45, 2.75) is 6.92 Å². The summed E-state index contributed by atoms with van der Waals surface area (Å²) in [6.07, 6.45) is 2.47. The molecule has 0 aliphatic heterocycles. The Morgan fingerprint density at radius 1 is 1.38 bits per heavy atom. The van der Waals surface area contributed by atoms with Gasteiger partial charge in [-0.1, -0.05) is 12.1 Å². The monoisotopic (exact) mass is 288 g/mol. The number of aryl methyl sites for hydroxylation is 1. The molecular weight excluding hydrogens is 276 g/mol. The molecule has 7 nitrogen and oxygen atoms in total. The lowest BCUT2D eigenvalue weighted by Crippen LogP contribution is -2.14. The van der Waals surface area contributed by atoms with Crippen molar-refractivity contribution in [3.8, 4) is 11.3 Å². The lowest BCUT2D eigenvalue weighted by atomic mass is 10.1. The van der Waals surface area contributed by atoms with Crippen LogP contribution in [0.25, 0.3) is 17.4 Å². The van der Waals surface area contributed by atoms with E-state index in [1.807, 2.05) is 0 Å². The van der Waals surface area contributed by atoms with Gasteiger partial charge in [0.15, 0.2) is 0 Å². The highest BCUT2D eigenvalue weighted by Crippen LogP contribution is 2.28. The molecule has 108 valence electrons. The molecule has 7 heteroatoms. The number of nitrogens with zero attached hydrogens (tertiary/aromatic N) is 1. The third-order valence-corrected chi connectivity index (χ3v) is 2.83. The van der Waals surface area contributed by atoms with Crippen LogP contribution in [0, 0.1) is 17.0 Å². The number of amides is 1.